The third kappa shape index (κ3) is 2.61. The first-order valence-electron chi connectivity index (χ1n) is 7.49. The number of rotatable bonds is 3. The molecule has 2 atom stereocenters. The summed E-state index contributed by atoms with van der Waals surface area (Å²) in [5.74, 6) is 0. The van der Waals surface area contributed by atoms with Gasteiger partial charge in [0.2, 0.25) is 0 Å². The molecule has 1 aromatic carbocycles. The van der Waals surface area contributed by atoms with Crippen LogP contribution in [0, 0.1) is 13.8 Å². The average molecular weight is 286 g/mol. The van der Waals surface area contributed by atoms with Crippen LogP contribution in [0.25, 0.3) is 0 Å². The Morgan fingerprint density at radius 2 is 2.14 bits per heavy atom. The van der Waals surface area contributed by atoms with Crippen LogP contribution < -0.4 is 0 Å². The van der Waals surface area contributed by atoms with Gasteiger partial charge in [0.25, 0.3) is 0 Å². The van der Waals surface area contributed by atoms with E-state index in [1.165, 1.54) is 11.1 Å². The number of hydrogen-bond acceptors (Lipinski definition) is 3. The van der Waals surface area contributed by atoms with Crippen LogP contribution >= 0.6 is 0 Å². The number of fused-ring (bicyclic) bond motifs is 1. The maximum Gasteiger partial charge on any atom is 0.102 e. The topological polar surface area (TPSA) is 47.3 Å². The molecule has 4 nitrogen and oxygen atoms in total. The molecule has 1 aromatic heterocycles. The van der Waals surface area contributed by atoms with E-state index in [0.29, 0.717) is 6.54 Å². The summed E-state index contributed by atoms with van der Waals surface area (Å²) >= 11 is 0. The molecule has 21 heavy (non-hydrogen) atoms. The van der Waals surface area contributed by atoms with Crippen molar-refractivity contribution in [3.63, 3.8) is 0 Å². The van der Waals surface area contributed by atoms with Gasteiger partial charge in [0, 0.05) is 11.3 Å². The summed E-state index contributed by atoms with van der Waals surface area (Å²) in [5.41, 5.74) is 5.47. The average Bonchev–Trinajstić information content (AvgIpc) is 2.74. The molecule has 2 aromatic rings. The SMILES string of the molecule is Cc1nn(CC2OCCc3ccccc32)c(C)c1C(C)O. The Morgan fingerprint density at radius 3 is 2.86 bits per heavy atom. The van der Waals surface area contributed by atoms with Crippen molar-refractivity contribution in [2.75, 3.05) is 6.61 Å². The van der Waals surface area contributed by atoms with E-state index in [0.717, 1.165) is 30.0 Å². The van der Waals surface area contributed by atoms with Crippen molar-refractivity contribution in [3.8, 4) is 0 Å². The largest absolute Gasteiger partial charge is 0.389 e. The lowest BCUT2D eigenvalue weighted by Gasteiger charge is -2.26. The fourth-order valence-electron chi connectivity index (χ4n) is 3.28. The van der Waals surface area contributed by atoms with E-state index in [1.54, 1.807) is 6.92 Å². The van der Waals surface area contributed by atoms with Crippen molar-refractivity contribution in [2.24, 2.45) is 0 Å². The van der Waals surface area contributed by atoms with Crippen LogP contribution in [0.5, 0.6) is 0 Å². The Hall–Kier alpha value is -1.65. The van der Waals surface area contributed by atoms with E-state index in [-0.39, 0.29) is 6.10 Å². The van der Waals surface area contributed by atoms with E-state index < -0.39 is 6.10 Å². The predicted molar refractivity (Wildman–Crippen MR) is 81.2 cm³/mol. The fraction of sp³-hybridized carbons (Fsp3) is 0.471. The minimum atomic E-state index is -0.488. The summed E-state index contributed by atoms with van der Waals surface area (Å²) in [4.78, 5) is 0. The zero-order valence-electron chi connectivity index (χ0n) is 12.8. The van der Waals surface area contributed by atoms with Crippen molar-refractivity contribution in [1.29, 1.82) is 0 Å². The summed E-state index contributed by atoms with van der Waals surface area (Å²) in [5, 5.41) is 14.5. The summed E-state index contributed by atoms with van der Waals surface area (Å²) in [7, 11) is 0. The van der Waals surface area contributed by atoms with Gasteiger partial charge in [-0.05, 0) is 38.3 Å². The van der Waals surface area contributed by atoms with Crippen molar-refractivity contribution in [2.45, 2.75) is 45.9 Å². The smallest absolute Gasteiger partial charge is 0.102 e. The Kier molecular flexibility index (Phi) is 3.83. The zero-order chi connectivity index (χ0) is 15.0. The highest BCUT2D eigenvalue weighted by molar-refractivity contribution is 5.31. The summed E-state index contributed by atoms with van der Waals surface area (Å²) in [6, 6.07) is 8.45. The lowest BCUT2D eigenvalue weighted by Crippen LogP contribution is -2.21. The molecular formula is C17H22N2O2. The summed E-state index contributed by atoms with van der Waals surface area (Å²) < 4.78 is 7.91. The van der Waals surface area contributed by atoms with Gasteiger partial charge in [-0.3, -0.25) is 4.68 Å². The number of aliphatic hydroxyl groups is 1. The van der Waals surface area contributed by atoms with Gasteiger partial charge < -0.3 is 9.84 Å². The monoisotopic (exact) mass is 286 g/mol. The van der Waals surface area contributed by atoms with E-state index in [4.69, 9.17) is 4.74 Å². The maximum absolute atomic E-state index is 9.88. The van der Waals surface area contributed by atoms with Crippen LogP contribution in [0.2, 0.25) is 0 Å². The molecular weight excluding hydrogens is 264 g/mol. The van der Waals surface area contributed by atoms with Crippen LogP contribution in [0.3, 0.4) is 0 Å². The second-order valence-corrected chi connectivity index (χ2v) is 5.75. The third-order valence-corrected chi connectivity index (χ3v) is 4.29. The molecule has 112 valence electrons. The highest BCUT2D eigenvalue weighted by Gasteiger charge is 2.23. The minimum absolute atomic E-state index is 0.0369. The van der Waals surface area contributed by atoms with E-state index in [9.17, 15) is 5.11 Å². The number of aromatic nitrogens is 2. The number of aliphatic hydroxyl groups excluding tert-OH is 1. The second-order valence-electron chi connectivity index (χ2n) is 5.75. The lowest BCUT2D eigenvalue weighted by molar-refractivity contribution is 0.0278. The Bertz CT molecular complexity index is 646. The van der Waals surface area contributed by atoms with E-state index >= 15 is 0 Å². The molecule has 0 amide bonds. The molecule has 0 aliphatic carbocycles. The van der Waals surface area contributed by atoms with Crippen LogP contribution in [-0.4, -0.2) is 21.5 Å². The van der Waals surface area contributed by atoms with Gasteiger partial charge >= 0.3 is 0 Å². The highest BCUT2D eigenvalue weighted by atomic mass is 16.5. The van der Waals surface area contributed by atoms with Crippen LogP contribution in [0.1, 0.15) is 47.2 Å². The fourth-order valence-corrected chi connectivity index (χ4v) is 3.28. The number of aryl methyl sites for hydroxylation is 1. The van der Waals surface area contributed by atoms with Crippen LogP contribution in [0.15, 0.2) is 24.3 Å². The van der Waals surface area contributed by atoms with Gasteiger partial charge in [-0.1, -0.05) is 24.3 Å². The normalized spacial score (nSPS) is 19.3. The molecule has 0 saturated heterocycles. The second kappa shape index (κ2) is 5.62. The number of hydrogen-bond donors (Lipinski definition) is 1. The Labute approximate surface area is 125 Å². The summed E-state index contributed by atoms with van der Waals surface area (Å²) in [6.07, 6.45) is 0.524. The Morgan fingerprint density at radius 1 is 1.38 bits per heavy atom. The van der Waals surface area contributed by atoms with Crippen molar-refractivity contribution in [1.82, 2.24) is 9.78 Å². The van der Waals surface area contributed by atoms with Crippen LogP contribution in [-0.2, 0) is 17.7 Å². The first-order valence-corrected chi connectivity index (χ1v) is 7.49. The molecule has 1 aliphatic heterocycles. The van der Waals surface area contributed by atoms with Crippen LogP contribution in [0.4, 0.5) is 0 Å². The zero-order valence-corrected chi connectivity index (χ0v) is 12.8. The van der Waals surface area contributed by atoms with Crippen molar-refractivity contribution in [3.05, 3.63) is 52.3 Å². The van der Waals surface area contributed by atoms with Gasteiger partial charge in [0.05, 0.1) is 24.9 Å². The predicted octanol–water partition coefficient (Wildman–Crippen LogP) is 2.87. The first-order chi connectivity index (χ1) is 10.1. The van der Waals surface area contributed by atoms with Gasteiger partial charge in [0.15, 0.2) is 0 Å². The molecule has 2 unspecified atom stereocenters. The number of nitrogens with zero attached hydrogens (tertiary/aromatic N) is 2. The Balaban J connectivity index is 1.90. The summed E-state index contributed by atoms with van der Waals surface area (Å²) in [6.45, 7) is 7.19. The molecule has 0 radical (unpaired) electrons. The van der Waals surface area contributed by atoms with Gasteiger partial charge in [-0.2, -0.15) is 5.10 Å². The molecule has 0 fully saturated rings. The first kappa shape index (κ1) is 14.3. The third-order valence-electron chi connectivity index (χ3n) is 4.29. The van der Waals surface area contributed by atoms with Gasteiger partial charge in [0.1, 0.15) is 6.10 Å². The van der Waals surface area contributed by atoms with E-state index in [1.807, 2.05) is 18.5 Å². The van der Waals surface area contributed by atoms with Gasteiger partial charge in [-0.25, -0.2) is 0 Å². The molecule has 2 heterocycles. The maximum atomic E-state index is 9.88. The van der Waals surface area contributed by atoms with Crippen molar-refractivity contribution >= 4 is 0 Å². The molecule has 0 spiro atoms. The van der Waals surface area contributed by atoms with Crippen molar-refractivity contribution < 1.29 is 9.84 Å². The number of benzene rings is 1. The van der Waals surface area contributed by atoms with Gasteiger partial charge in [-0.15, -0.1) is 0 Å². The minimum Gasteiger partial charge on any atom is -0.389 e. The highest BCUT2D eigenvalue weighted by Crippen LogP contribution is 2.29. The molecule has 0 saturated carbocycles. The molecule has 3 rings (SSSR count). The van der Waals surface area contributed by atoms with E-state index in [2.05, 4.69) is 29.4 Å². The molecule has 4 heteroatoms. The lowest BCUT2D eigenvalue weighted by atomic mass is 9.97. The standard InChI is InChI=1S/C17H22N2O2/c1-11-17(13(3)20)12(2)19(18-11)10-16-15-7-5-4-6-14(15)8-9-21-16/h4-7,13,16,20H,8-10H2,1-3H3. The molecule has 0 bridgehead atoms. The number of ether oxygens (including phenoxy) is 1. The molecule has 1 aliphatic rings. The molecule has 1 N–H and O–H groups in total. The quantitative estimate of drug-likeness (QED) is 0.943.